The van der Waals surface area contributed by atoms with Gasteiger partial charge in [-0.25, -0.2) is 4.98 Å². The topological polar surface area (TPSA) is 53.6 Å². The highest BCUT2D eigenvalue weighted by molar-refractivity contribution is 4.89. The van der Waals surface area contributed by atoms with Crippen LogP contribution in [-0.4, -0.2) is 21.7 Å². The second-order valence-electron chi connectivity index (χ2n) is 2.73. The Kier molecular flexibility index (Phi) is 3.73. The molecule has 0 aliphatic rings. The van der Waals surface area contributed by atoms with E-state index >= 15 is 0 Å². The highest BCUT2D eigenvalue weighted by Crippen LogP contribution is 1.92. The summed E-state index contributed by atoms with van der Waals surface area (Å²) in [5, 5.41) is 10.2. The van der Waals surface area contributed by atoms with Crippen molar-refractivity contribution in [2.75, 3.05) is 6.54 Å². The maximum atomic E-state index is 4.27. The molecule has 0 fully saturated rings. The number of aromatic nitrogens is 3. The number of aryl methyl sites for hydroxylation is 1. The van der Waals surface area contributed by atoms with Crippen LogP contribution in [0.15, 0.2) is 0 Å². The molecule has 2 N–H and O–H groups in total. The fourth-order valence-electron chi connectivity index (χ4n) is 0.956. The van der Waals surface area contributed by atoms with E-state index in [1.165, 1.54) is 0 Å². The number of aromatic amines is 1. The van der Waals surface area contributed by atoms with Gasteiger partial charge in [-0.05, 0) is 13.0 Å². The average molecular weight is 168 g/mol. The van der Waals surface area contributed by atoms with Gasteiger partial charge in [0.05, 0.1) is 6.54 Å². The van der Waals surface area contributed by atoms with Gasteiger partial charge in [0.15, 0.2) is 0 Å². The molecule has 0 saturated carbocycles. The summed E-state index contributed by atoms with van der Waals surface area (Å²) in [5.74, 6) is 1.82. The molecule has 4 nitrogen and oxygen atoms in total. The van der Waals surface area contributed by atoms with E-state index in [1.807, 2.05) is 6.92 Å². The van der Waals surface area contributed by atoms with E-state index in [9.17, 15) is 0 Å². The van der Waals surface area contributed by atoms with E-state index in [0.29, 0.717) is 0 Å². The summed E-state index contributed by atoms with van der Waals surface area (Å²) in [5.41, 5.74) is 0. The van der Waals surface area contributed by atoms with E-state index in [2.05, 4.69) is 27.4 Å². The minimum atomic E-state index is 0.792. The molecular weight excluding hydrogens is 152 g/mol. The summed E-state index contributed by atoms with van der Waals surface area (Å²) in [6.45, 7) is 6.01. The Bertz CT molecular complexity index is 219. The molecule has 0 aromatic carbocycles. The summed E-state index contributed by atoms with van der Waals surface area (Å²) >= 11 is 0. The first kappa shape index (κ1) is 9.19. The second-order valence-corrected chi connectivity index (χ2v) is 2.73. The zero-order valence-corrected chi connectivity index (χ0v) is 7.72. The molecule has 1 heterocycles. The van der Waals surface area contributed by atoms with Crippen LogP contribution in [0.2, 0.25) is 0 Å². The minimum Gasteiger partial charge on any atom is -0.310 e. The van der Waals surface area contributed by atoms with Crippen LogP contribution in [-0.2, 0) is 13.0 Å². The largest absolute Gasteiger partial charge is 0.310 e. The van der Waals surface area contributed by atoms with Crippen molar-refractivity contribution >= 4 is 0 Å². The van der Waals surface area contributed by atoms with Crippen molar-refractivity contribution in [2.45, 2.75) is 33.2 Å². The molecule has 68 valence electrons. The summed E-state index contributed by atoms with van der Waals surface area (Å²) in [4.78, 5) is 4.27. The number of H-pyrrole nitrogens is 1. The molecule has 0 atom stereocenters. The van der Waals surface area contributed by atoms with Gasteiger partial charge < -0.3 is 5.32 Å². The number of nitrogens with zero attached hydrogens (tertiary/aromatic N) is 2. The molecule has 0 bridgehead atoms. The van der Waals surface area contributed by atoms with Gasteiger partial charge in [0.1, 0.15) is 11.6 Å². The molecule has 0 radical (unpaired) electrons. The van der Waals surface area contributed by atoms with Crippen LogP contribution in [0.25, 0.3) is 0 Å². The Labute approximate surface area is 72.8 Å². The van der Waals surface area contributed by atoms with E-state index in [4.69, 9.17) is 0 Å². The molecule has 1 aromatic rings. The van der Waals surface area contributed by atoms with E-state index in [1.54, 1.807) is 0 Å². The van der Waals surface area contributed by atoms with E-state index in [-0.39, 0.29) is 0 Å². The number of rotatable bonds is 5. The van der Waals surface area contributed by atoms with Gasteiger partial charge in [-0.3, -0.25) is 5.10 Å². The van der Waals surface area contributed by atoms with Gasteiger partial charge in [0.2, 0.25) is 0 Å². The maximum Gasteiger partial charge on any atom is 0.150 e. The first-order chi connectivity index (χ1) is 5.86. The monoisotopic (exact) mass is 168 g/mol. The van der Waals surface area contributed by atoms with Crippen molar-refractivity contribution < 1.29 is 0 Å². The van der Waals surface area contributed by atoms with Crippen molar-refractivity contribution in [3.05, 3.63) is 11.6 Å². The first-order valence-electron chi connectivity index (χ1n) is 4.47. The van der Waals surface area contributed by atoms with Crippen molar-refractivity contribution in [3.63, 3.8) is 0 Å². The highest BCUT2D eigenvalue weighted by atomic mass is 15.2. The Balaban J connectivity index is 2.31. The molecule has 0 amide bonds. The molecule has 12 heavy (non-hydrogen) atoms. The summed E-state index contributed by atoms with van der Waals surface area (Å²) in [6, 6.07) is 0. The van der Waals surface area contributed by atoms with Crippen molar-refractivity contribution in [1.82, 2.24) is 20.5 Å². The number of nitrogens with one attached hydrogen (secondary N) is 2. The third kappa shape index (κ3) is 2.62. The van der Waals surface area contributed by atoms with E-state index < -0.39 is 0 Å². The van der Waals surface area contributed by atoms with Gasteiger partial charge in [0.25, 0.3) is 0 Å². The lowest BCUT2D eigenvalue weighted by Crippen LogP contribution is -2.14. The van der Waals surface area contributed by atoms with Gasteiger partial charge in [-0.15, -0.1) is 0 Å². The van der Waals surface area contributed by atoms with Crippen LogP contribution in [0.5, 0.6) is 0 Å². The summed E-state index contributed by atoms with van der Waals surface area (Å²) < 4.78 is 0. The predicted molar refractivity (Wildman–Crippen MR) is 47.8 cm³/mol. The predicted octanol–water partition coefficient (Wildman–Crippen LogP) is 0.867. The minimum absolute atomic E-state index is 0.792. The first-order valence-corrected chi connectivity index (χ1v) is 4.47. The Hall–Kier alpha value is -0.900. The van der Waals surface area contributed by atoms with Crippen LogP contribution < -0.4 is 5.32 Å². The van der Waals surface area contributed by atoms with Crippen molar-refractivity contribution in [2.24, 2.45) is 0 Å². The van der Waals surface area contributed by atoms with Crippen LogP contribution in [0.4, 0.5) is 0 Å². The van der Waals surface area contributed by atoms with Crippen LogP contribution in [0.1, 0.15) is 31.9 Å². The Morgan fingerprint density at radius 1 is 1.42 bits per heavy atom. The standard InChI is InChI=1S/C8H16N4/c1-3-5-9-6-8-10-7(4-2)11-12-8/h9H,3-6H2,1-2H3,(H,10,11,12). The lowest BCUT2D eigenvalue weighted by atomic mass is 10.4. The average Bonchev–Trinajstić information content (AvgIpc) is 2.53. The molecule has 0 aliphatic heterocycles. The van der Waals surface area contributed by atoms with Crippen LogP contribution >= 0.6 is 0 Å². The molecule has 1 rings (SSSR count). The highest BCUT2D eigenvalue weighted by Gasteiger charge is 1.98. The SMILES string of the molecule is CCCNCc1nc(CC)n[nH]1. The lowest BCUT2D eigenvalue weighted by Gasteiger charge is -1.96. The van der Waals surface area contributed by atoms with Gasteiger partial charge in [0, 0.05) is 6.42 Å². The molecular formula is C8H16N4. The number of hydrogen-bond donors (Lipinski definition) is 2. The normalized spacial score (nSPS) is 10.5. The Morgan fingerprint density at radius 2 is 2.25 bits per heavy atom. The third-order valence-corrected chi connectivity index (χ3v) is 1.61. The van der Waals surface area contributed by atoms with Gasteiger partial charge >= 0.3 is 0 Å². The lowest BCUT2D eigenvalue weighted by molar-refractivity contribution is 0.652. The second kappa shape index (κ2) is 4.87. The van der Waals surface area contributed by atoms with Crippen molar-refractivity contribution in [1.29, 1.82) is 0 Å². The molecule has 1 aromatic heterocycles. The van der Waals surface area contributed by atoms with Crippen LogP contribution in [0, 0.1) is 0 Å². The Morgan fingerprint density at radius 3 is 2.83 bits per heavy atom. The van der Waals surface area contributed by atoms with Crippen molar-refractivity contribution in [3.8, 4) is 0 Å². The molecule has 0 spiro atoms. The van der Waals surface area contributed by atoms with Gasteiger partial charge in [-0.2, -0.15) is 5.10 Å². The van der Waals surface area contributed by atoms with Crippen LogP contribution in [0.3, 0.4) is 0 Å². The fraction of sp³-hybridized carbons (Fsp3) is 0.750. The van der Waals surface area contributed by atoms with E-state index in [0.717, 1.165) is 37.6 Å². The summed E-state index contributed by atoms with van der Waals surface area (Å²) in [6.07, 6.45) is 2.04. The fourth-order valence-corrected chi connectivity index (χ4v) is 0.956. The zero-order valence-electron chi connectivity index (χ0n) is 7.72. The number of hydrogen-bond acceptors (Lipinski definition) is 3. The molecule has 0 aliphatic carbocycles. The zero-order chi connectivity index (χ0) is 8.81. The summed E-state index contributed by atoms with van der Waals surface area (Å²) in [7, 11) is 0. The molecule has 0 saturated heterocycles. The third-order valence-electron chi connectivity index (χ3n) is 1.61. The van der Waals surface area contributed by atoms with Gasteiger partial charge in [-0.1, -0.05) is 13.8 Å². The smallest absolute Gasteiger partial charge is 0.150 e. The molecule has 0 unspecified atom stereocenters. The molecule has 4 heteroatoms. The maximum absolute atomic E-state index is 4.27. The quantitative estimate of drug-likeness (QED) is 0.641.